The third-order valence-electron chi connectivity index (χ3n) is 4.47. The highest BCUT2D eigenvalue weighted by molar-refractivity contribution is 5.80. The van der Waals surface area contributed by atoms with Crippen molar-refractivity contribution in [2.45, 2.75) is 39.8 Å². The highest BCUT2D eigenvalue weighted by Gasteiger charge is 2.22. The maximum atomic E-state index is 12.8. The van der Waals surface area contributed by atoms with E-state index in [1.807, 2.05) is 48.9 Å². The summed E-state index contributed by atoms with van der Waals surface area (Å²) in [5, 5.41) is 18.8. The normalized spacial score (nSPS) is 13.3. The lowest BCUT2D eigenvalue weighted by atomic mass is 10.1. The average Bonchev–Trinajstić information content (AvgIpc) is 3.28. The van der Waals surface area contributed by atoms with Gasteiger partial charge in [0.05, 0.1) is 5.69 Å². The minimum atomic E-state index is -0.483. The Labute approximate surface area is 158 Å². The predicted octanol–water partition coefficient (Wildman–Crippen LogP) is 1.72. The van der Waals surface area contributed by atoms with Crippen molar-refractivity contribution in [1.82, 2.24) is 35.3 Å². The summed E-state index contributed by atoms with van der Waals surface area (Å²) in [5.74, 6) is 0.157. The average molecular weight is 367 g/mol. The summed E-state index contributed by atoms with van der Waals surface area (Å²) in [6, 6.07) is 11.4. The van der Waals surface area contributed by atoms with Crippen molar-refractivity contribution in [2.75, 3.05) is 6.54 Å². The van der Waals surface area contributed by atoms with Gasteiger partial charge in [0.15, 0.2) is 0 Å². The SMILES string of the molecule is Cc1cc(C)n(C[C@H](C)CNC(=O)[C@H](Cc2ccccc2)n2cnnn2)n1. The van der Waals surface area contributed by atoms with Crippen LogP contribution in [-0.4, -0.2) is 42.4 Å². The quantitative estimate of drug-likeness (QED) is 0.655. The van der Waals surface area contributed by atoms with E-state index in [2.05, 4.69) is 38.9 Å². The molecular formula is C19H25N7O. The second kappa shape index (κ2) is 8.57. The van der Waals surface area contributed by atoms with Crippen molar-refractivity contribution >= 4 is 5.91 Å². The first-order chi connectivity index (χ1) is 13.0. The molecule has 0 spiro atoms. The first-order valence-corrected chi connectivity index (χ1v) is 9.08. The topological polar surface area (TPSA) is 90.5 Å². The highest BCUT2D eigenvalue weighted by atomic mass is 16.2. The Bertz CT molecular complexity index is 858. The van der Waals surface area contributed by atoms with E-state index in [-0.39, 0.29) is 11.8 Å². The zero-order chi connectivity index (χ0) is 19.2. The van der Waals surface area contributed by atoms with E-state index in [0.717, 1.165) is 23.5 Å². The molecule has 1 N–H and O–H groups in total. The molecule has 0 aliphatic rings. The van der Waals surface area contributed by atoms with Gasteiger partial charge in [-0.05, 0) is 41.8 Å². The van der Waals surface area contributed by atoms with Crippen LogP contribution in [0.2, 0.25) is 0 Å². The molecule has 8 heteroatoms. The Morgan fingerprint density at radius 3 is 2.63 bits per heavy atom. The molecule has 8 nitrogen and oxygen atoms in total. The van der Waals surface area contributed by atoms with Gasteiger partial charge in [0.2, 0.25) is 5.91 Å². The van der Waals surface area contributed by atoms with Crippen molar-refractivity contribution in [3.05, 3.63) is 59.7 Å². The van der Waals surface area contributed by atoms with Crippen LogP contribution in [0.15, 0.2) is 42.7 Å². The second-order valence-corrected chi connectivity index (χ2v) is 6.95. The Balaban J connectivity index is 1.61. The Kier molecular flexibility index (Phi) is 5.95. The van der Waals surface area contributed by atoms with Crippen LogP contribution >= 0.6 is 0 Å². The van der Waals surface area contributed by atoms with E-state index in [1.54, 1.807) is 0 Å². The highest BCUT2D eigenvalue weighted by Crippen LogP contribution is 2.14. The summed E-state index contributed by atoms with van der Waals surface area (Å²) in [4.78, 5) is 12.8. The number of benzene rings is 1. The lowest BCUT2D eigenvalue weighted by molar-refractivity contribution is -0.124. The van der Waals surface area contributed by atoms with Gasteiger partial charge in [-0.1, -0.05) is 37.3 Å². The van der Waals surface area contributed by atoms with Crippen molar-refractivity contribution in [2.24, 2.45) is 5.92 Å². The van der Waals surface area contributed by atoms with E-state index in [0.29, 0.717) is 13.0 Å². The summed E-state index contributed by atoms with van der Waals surface area (Å²) in [6.45, 7) is 7.44. The summed E-state index contributed by atoms with van der Waals surface area (Å²) < 4.78 is 3.49. The molecule has 0 saturated carbocycles. The van der Waals surface area contributed by atoms with Crippen molar-refractivity contribution in [3.8, 4) is 0 Å². The molecule has 0 unspecified atom stereocenters. The molecule has 0 aliphatic heterocycles. The largest absolute Gasteiger partial charge is 0.354 e. The standard InChI is InChI=1S/C19H25N7O/c1-14(12-25-16(3)9-15(2)22-25)11-20-19(27)18(26-13-21-23-24-26)10-17-7-5-4-6-8-17/h4-9,13-14,18H,10-12H2,1-3H3,(H,20,27)/t14-,18+/m1/s1. The van der Waals surface area contributed by atoms with Gasteiger partial charge >= 0.3 is 0 Å². The molecular weight excluding hydrogens is 342 g/mol. The smallest absolute Gasteiger partial charge is 0.245 e. The van der Waals surface area contributed by atoms with Gasteiger partial charge in [-0.25, -0.2) is 4.68 Å². The molecule has 0 saturated heterocycles. The third-order valence-corrected chi connectivity index (χ3v) is 4.47. The number of carbonyl (C=O) groups is 1. The maximum Gasteiger partial charge on any atom is 0.245 e. The van der Waals surface area contributed by atoms with Crippen molar-refractivity contribution < 1.29 is 4.79 Å². The molecule has 2 atom stereocenters. The zero-order valence-electron chi connectivity index (χ0n) is 15.9. The number of nitrogens with zero attached hydrogens (tertiary/aromatic N) is 6. The molecule has 27 heavy (non-hydrogen) atoms. The molecule has 1 aromatic carbocycles. The zero-order valence-corrected chi connectivity index (χ0v) is 15.9. The molecule has 0 radical (unpaired) electrons. The van der Waals surface area contributed by atoms with Crippen LogP contribution in [0.5, 0.6) is 0 Å². The van der Waals surface area contributed by atoms with Gasteiger partial charge in [-0.3, -0.25) is 9.48 Å². The molecule has 0 fully saturated rings. The van der Waals surface area contributed by atoms with E-state index in [1.165, 1.54) is 11.0 Å². The van der Waals surface area contributed by atoms with Crippen LogP contribution in [0.1, 0.15) is 29.9 Å². The van der Waals surface area contributed by atoms with Crippen LogP contribution in [0, 0.1) is 19.8 Å². The van der Waals surface area contributed by atoms with Gasteiger partial charge in [0, 0.05) is 25.2 Å². The number of amides is 1. The number of hydrogen-bond donors (Lipinski definition) is 1. The van der Waals surface area contributed by atoms with Gasteiger partial charge in [0.25, 0.3) is 0 Å². The fourth-order valence-corrected chi connectivity index (χ4v) is 3.07. The van der Waals surface area contributed by atoms with Gasteiger partial charge in [-0.2, -0.15) is 5.10 Å². The molecule has 2 aromatic heterocycles. The molecule has 3 aromatic rings. The first kappa shape index (κ1) is 18.8. The number of carbonyl (C=O) groups excluding carboxylic acids is 1. The second-order valence-electron chi connectivity index (χ2n) is 6.95. The number of rotatable bonds is 8. The molecule has 2 heterocycles. The molecule has 0 aliphatic carbocycles. The van der Waals surface area contributed by atoms with E-state index in [9.17, 15) is 4.79 Å². The number of aromatic nitrogens is 6. The van der Waals surface area contributed by atoms with E-state index in [4.69, 9.17) is 0 Å². The monoisotopic (exact) mass is 367 g/mol. The minimum absolute atomic E-state index is 0.0913. The van der Waals surface area contributed by atoms with Gasteiger partial charge in [0.1, 0.15) is 12.4 Å². The lowest BCUT2D eigenvalue weighted by Crippen LogP contribution is -2.37. The van der Waals surface area contributed by atoms with Crippen LogP contribution in [-0.2, 0) is 17.8 Å². The van der Waals surface area contributed by atoms with Crippen molar-refractivity contribution in [3.63, 3.8) is 0 Å². The molecule has 142 valence electrons. The molecule has 0 bridgehead atoms. The van der Waals surface area contributed by atoms with Gasteiger partial charge in [-0.15, -0.1) is 5.10 Å². The minimum Gasteiger partial charge on any atom is -0.354 e. The number of nitrogens with one attached hydrogen (secondary N) is 1. The van der Waals surface area contributed by atoms with E-state index < -0.39 is 6.04 Å². The summed E-state index contributed by atoms with van der Waals surface area (Å²) >= 11 is 0. The van der Waals surface area contributed by atoms with Crippen LogP contribution in [0.25, 0.3) is 0 Å². The third kappa shape index (κ3) is 4.99. The fraction of sp³-hybridized carbons (Fsp3) is 0.421. The van der Waals surface area contributed by atoms with Gasteiger partial charge < -0.3 is 5.32 Å². The Morgan fingerprint density at radius 1 is 1.22 bits per heavy atom. The summed E-state index contributed by atoms with van der Waals surface area (Å²) in [5.41, 5.74) is 3.19. The van der Waals surface area contributed by atoms with E-state index >= 15 is 0 Å². The molecule has 3 rings (SSSR count). The lowest BCUT2D eigenvalue weighted by Gasteiger charge is -2.19. The Hall–Kier alpha value is -3.03. The maximum absolute atomic E-state index is 12.8. The molecule has 1 amide bonds. The number of tetrazole rings is 1. The summed E-state index contributed by atoms with van der Waals surface area (Å²) in [6.07, 6.45) is 2.01. The van der Waals surface area contributed by atoms with Crippen LogP contribution < -0.4 is 5.32 Å². The predicted molar refractivity (Wildman–Crippen MR) is 101 cm³/mol. The number of aryl methyl sites for hydroxylation is 2. The number of hydrogen-bond acceptors (Lipinski definition) is 5. The fourth-order valence-electron chi connectivity index (χ4n) is 3.07. The van der Waals surface area contributed by atoms with Crippen LogP contribution in [0.4, 0.5) is 0 Å². The summed E-state index contributed by atoms with van der Waals surface area (Å²) in [7, 11) is 0. The van der Waals surface area contributed by atoms with Crippen LogP contribution in [0.3, 0.4) is 0 Å². The first-order valence-electron chi connectivity index (χ1n) is 9.08. The Morgan fingerprint density at radius 2 is 2.00 bits per heavy atom. The van der Waals surface area contributed by atoms with Crippen molar-refractivity contribution in [1.29, 1.82) is 0 Å².